The maximum atomic E-state index is 12.7. The smallest absolute Gasteiger partial charge is 0.481 e. The Hall–Kier alpha value is -3.01. The zero-order valence-corrected chi connectivity index (χ0v) is 34.3. The van der Waals surface area contributed by atoms with Gasteiger partial charge in [-0.05, 0) is 6.92 Å². The minimum absolute atomic E-state index is 0.0147. The number of phosphoric ester groups is 3. The first-order chi connectivity index (χ1) is 26.6. The van der Waals surface area contributed by atoms with E-state index in [9.17, 15) is 67.8 Å². The molecule has 3 heterocycles. The molecule has 2 amide bonds. The molecule has 0 aliphatic carbocycles. The van der Waals surface area contributed by atoms with E-state index in [1.807, 2.05) is 0 Å². The number of nitrogen functional groups attached to an aromatic ring is 1. The Morgan fingerprint density at radius 2 is 1.67 bits per heavy atom. The second-order valence-electron chi connectivity index (χ2n) is 13.5. The van der Waals surface area contributed by atoms with Crippen molar-refractivity contribution in [3.05, 3.63) is 12.7 Å². The van der Waals surface area contributed by atoms with Crippen LogP contribution in [0.3, 0.4) is 0 Å². The molecule has 2 aromatic heterocycles. The molecule has 12 N–H and O–H groups in total. The third-order valence-corrected chi connectivity index (χ3v) is 11.8. The van der Waals surface area contributed by atoms with E-state index in [-0.39, 0.29) is 42.2 Å². The molecule has 1 aliphatic heterocycles. The Balaban J connectivity index is 1.47. The predicted octanol–water partition coefficient (Wildman–Crippen LogP) is -1.72. The number of ether oxygens (including phenoxy) is 1. The lowest BCUT2D eigenvalue weighted by atomic mass is 9.87. The van der Waals surface area contributed by atoms with Gasteiger partial charge >= 0.3 is 29.4 Å². The predicted molar refractivity (Wildman–Crippen MR) is 195 cm³/mol. The molecule has 3 rings (SSSR count). The molecular formula is C27H44N7O20P3S. The minimum Gasteiger partial charge on any atom is -0.481 e. The van der Waals surface area contributed by atoms with Gasteiger partial charge in [-0.3, -0.25) is 37.3 Å². The van der Waals surface area contributed by atoms with Gasteiger partial charge in [0.2, 0.25) is 11.8 Å². The Kier molecular flexibility index (Phi) is 17.0. The third kappa shape index (κ3) is 15.2. The maximum Gasteiger partial charge on any atom is 0.481 e. The molecule has 27 nitrogen and oxygen atoms in total. The van der Waals surface area contributed by atoms with Gasteiger partial charge in [0, 0.05) is 37.1 Å². The number of anilines is 1. The highest BCUT2D eigenvalue weighted by Crippen LogP contribution is 2.61. The number of nitrogens with two attached hydrogens (primary N) is 1. The topological polar surface area (TPSA) is 421 Å². The number of fused-ring (bicyclic) bond motifs is 1. The van der Waals surface area contributed by atoms with Crippen molar-refractivity contribution in [3.8, 4) is 0 Å². The van der Waals surface area contributed by atoms with Crippen molar-refractivity contribution in [1.82, 2.24) is 30.2 Å². The van der Waals surface area contributed by atoms with Gasteiger partial charge < -0.3 is 61.1 Å². The molecule has 328 valence electrons. The van der Waals surface area contributed by atoms with E-state index >= 15 is 0 Å². The van der Waals surface area contributed by atoms with Gasteiger partial charge in [0.15, 0.2) is 22.8 Å². The largest absolute Gasteiger partial charge is 0.481 e. The van der Waals surface area contributed by atoms with Crippen LogP contribution in [0.25, 0.3) is 11.2 Å². The van der Waals surface area contributed by atoms with Crippen LogP contribution in [0.1, 0.15) is 46.3 Å². The molecule has 31 heteroatoms. The van der Waals surface area contributed by atoms with Crippen LogP contribution in [0.4, 0.5) is 5.82 Å². The van der Waals surface area contributed by atoms with Crippen molar-refractivity contribution in [1.29, 1.82) is 0 Å². The summed E-state index contributed by atoms with van der Waals surface area (Å²) in [6, 6.07) is 0. The number of phosphoric acid groups is 3. The number of aliphatic hydroxyl groups excluding tert-OH is 2. The van der Waals surface area contributed by atoms with Crippen molar-refractivity contribution in [3.63, 3.8) is 0 Å². The molecule has 0 aromatic carbocycles. The lowest BCUT2D eigenvalue weighted by Crippen LogP contribution is -2.46. The molecule has 2 aromatic rings. The summed E-state index contributed by atoms with van der Waals surface area (Å²) in [5, 5.41) is 44.4. The van der Waals surface area contributed by atoms with Gasteiger partial charge in [0.05, 0.1) is 31.6 Å². The molecule has 58 heavy (non-hydrogen) atoms. The molecule has 0 radical (unpaired) electrons. The average molecular weight is 912 g/mol. The number of nitrogens with zero attached hydrogens (tertiary/aromatic N) is 4. The summed E-state index contributed by atoms with van der Waals surface area (Å²) in [7, 11) is -16.5. The number of aliphatic carboxylic acids is 1. The fourth-order valence-corrected chi connectivity index (χ4v) is 8.72. The standard InChI is InChI=1S/C27H44N7O20P3S/c1-26(2,21(40)24(41)30-5-4-15(35)29-6-7-58-17(38)9-27(3,42)8-16(36)37)11-51-57(48,49)54-56(46,47)50-10-14-20(53-55(43,44)45)19(39)25(52-14)34-13-33-18-22(28)31-12-32-23(18)34/h12-14,19-21,25,39-40,42H,4-11H2,1-3H3,(H,29,35)(H,30,41)(H,36,37)(H,46,47)(H,48,49)(H2,28,31,32)(H2,43,44,45)/t14-,19-,20+,21-,25-,27-/m0/s1. The maximum absolute atomic E-state index is 12.7. The van der Waals surface area contributed by atoms with Crippen molar-refractivity contribution in [2.24, 2.45) is 5.41 Å². The summed E-state index contributed by atoms with van der Waals surface area (Å²) in [6.07, 6.45) is -8.22. The van der Waals surface area contributed by atoms with Crippen LogP contribution in [-0.4, -0.2) is 144 Å². The van der Waals surface area contributed by atoms with E-state index in [0.29, 0.717) is 0 Å². The minimum atomic E-state index is -5.60. The zero-order chi connectivity index (χ0) is 43.9. The van der Waals surface area contributed by atoms with E-state index in [2.05, 4.69) is 34.4 Å². The first-order valence-corrected chi connectivity index (χ1v) is 22.1. The van der Waals surface area contributed by atoms with Crippen LogP contribution in [-0.2, 0) is 55.5 Å². The number of carboxylic acid groups (broad SMARTS) is 1. The molecule has 1 saturated heterocycles. The zero-order valence-electron chi connectivity index (χ0n) is 30.8. The summed E-state index contributed by atoms with van der Waals surface area (Å²) in [6.45, 7) is 1.29. The van der Waals surface area contributed by atoms with Crippen LogP contribution in [0.2, 0.25) is 0 Å². The average Bonchev–Trinajstić information content (AvgIpc) is 3.63. The van der Waals surface area contributed by atoms with Crippen LogP contribution in [0.15, 0.2) is 12.7 Å². The molecule has 1 aliphatic rings. The number of thioether (sulfide) groups is 1. The molecular weight excluding hydrogens is 867 g/mol. The van der Waals surface area contributed by atoms with E-state index in [1.165, 1.54) is 20.8 Å². The number of hydrogen-bond acceptors (Lipinski definition) is 20. The molecule has 1 fully saturated rings. The van der Waals surface area contributed by atoms with Gasteiger partial charge in [-0.25, -0.2) is 28.6 Å². The SMILES string of the molecule is CC(C)(COP(=O)(O)OP(=O)(O)OC[C@@H]1O[C@H](n2cnc3c(N)ncnc32)[C@@H](O)[C@@H]1OP(=O)(O)O)[C@@H](O)C(=O)NCCC(=O)NCCSC(=O)C[C@@](C)(O)CC(=O)O. The van der Waals surface area contributed by atoms with Gasteiger partial charge in [-0.15, -0.1) is 0 Å². The van der Waals surface area contributed by atoms with Crippen molar-refractivity contribution >= 4 is 75.1 Å². The highest BCUT2D eigenvalue weighted by molar-refractivity contribution is 8.13. The number of carbonyl (C=O) groups is 4. The third-order valence-electron chi connectivity index (χ3n) is 7.82. The Morgan fingerprint density at radius 1 is 1.02 bits per heavy atom. The summed E-state index contributed by atoms with van der Waals surface area (Å²) in [4.78, 5) is 98.2. The number of nitrogens with one attached hydrogen (secondary N) is 2. The molecule has 2 unspecified atom stereocenters. The lowest BCUT2D eigenvalue weighted by Gasteiger charge is -2.30. The first-order valence-electron chi connectivity index (χ1n) is 16.6. The van der Waals surface area contributed by atoms with Gasteiger partial charge in [0.25, 0.3) is 0 Å². The van der Waals surface area contributed by atoms with Crippen LogP contribution >= 0.6 is 35.2 Å². The summed E-state index contributed by atoms with van der Waals surface area (Å²) < 4.78 is 62.0. The monoisotopic (exact) mass is 911 g/mol. The second-order valence-corrected chi connectivity index (χ2v) is 18.9. The number of hydrogen-bond donors (Lipinski definition) is 11. The number of imidazole rings is 1. The number of aliphatic hydroxyl groups is 3. The van der Waals surface area contributed by atoms with Crippen molar-refractivity contribution in [2.45, 2.75) is 76.3 Å². The quantitative estimate of drug-likeness (QED) is 0.0436. The molecule has 8 atom stereocenters. The molecule has 0 saturated carbocycles. The summed E-state index contributed by atoms with van der Waals surface area (Å²) in [5.74, 6) is -2.81. The fraction of sp³-hybridized carbons (Fsp3) is 0.667. The van der Waals surface area contributed by atoms with Gasteiger partial charge in [0.1, 0.15) is 36.3 Å². The number of amides is 2. The van der Waals surface area contributed by atoms with Crippen molar-refractivity contribution in [2.75, 3.05) is 37.8 Å². The fourth-order valence-electron chi connectivity index (χ4n) is 5.05. The number of rotatable bonds is 23. The Morgan fingerprint density at radius 3 is 2.31 bits per heavy atom. The van der Waals surface area contributed by atoms with E-state index in [0.717, 1.165) is 29.0 Å². The Labute approximate surface area is 332 Å². The number of carboxylic acids is 1. The van der Waals surface area contributed by atoms with Crippen molar-refractivity contribution < 1.29 is 95.5 Å². The van der Waals surface area contributed by atoms with E-state index < -0.39 is 114 Å². The van der Waals surface area contributed by atoms with E-state index in [1.54, 1.807) is 0 Å². The van der Waals surface area contributed by atoms with Gasteiger partial charge in [-0.1, -0.05) is 25.6 Å². The summed E-state index contributed by atoms with van der Waals surface area (Å²) >= 11 is 0.771. The van der Waals surface area contributed by atoms with E-state index in [4.69, 9.17) is 24.6 Å². The van der Waals surface area contributed by atoms with Gasteiger partial charge in [-0.2, -0.15) is 4.31 Å². The number of carbonyl (C=O) groups excluding carboxylic acids is 3. The Bertz CT molecular complexity index is 1950. The first kappa shape index (κ1) is 49.4. The second kappa shape index (κ2) is 20.0. The molecule has 0 spiro atoms. The highest BCUT2D eigenvalue weighted by Gasteiger charge is 2.50. The van der Waals surface area contributed by atoms with Crippen LogP contribution < -0.4 is 16.4 Å². The number of aromatic nitrogens is 4. The van der Waals surface area contributed by atoms with Crippen LogP contribution in [0.5, 0.6) is 0 Å². The normalized spacial score (nSPS) is 22.4. The molecule has 0 bridgehead atoms. The lowest BCUT2D eigenvalue weighted by molar-refractivity contribution is -0.142. The van der Waals surface area contributed by atoms with Crippen LogP contribution in [0, 0.1) is 5.41 Å². The highest BCUT2D eigenvalue weighted by atomic mass is 32.2. The summed E-state index contributed by atoms with van der Waals surface area (Å²) in [5.41, 5.74) is 2.44.